The minimum Gasteiger partial charge on any atom is -0.374 e. The van der Waals surface area contributed by atoms with E-state index in [1.54, 1.807) is 6.33 Å². The predicted octanol–water partition coefficient (Wildman–Crippen LogP) is 2.02. The van der Waals surface area contributed by atoms with E-state index in [0.717, 1.165) is 45.2 Å². The molecule has 0 saturated carbocycles. The van der Waals surface area contributed by atoms with Crippen molar-refractivity contribution in [3.63, 3.8) is 0 Å². The van der Waals surface area contributed by atoms with Crippen LogP contribution < -0.4 is 0 Å². The van der Waals surface area contributed by atoms with E-state index < -0.39 is 0 Å². The van der Waals surface area contributed by atoms with E-state index in [4.69, 9.17) is 4.74 Å². The van der Waals surface area contributed by atoms with Gasteiger partial charge in [0.25, 0.3) is 0 Å². The maximum Gasteiger partial charge on any atom is 0.140 e. The summed E-state index contributed by atoms with van der Waals surface area (Å²) in [5.41, 5.74) is 1.36. The monoisotopic (exact) mass is 343 g/mol. The van der Waals surface area contributed by atoms with E-state index in [1.165, 1.54) is 5.56 Å². The van der Waals surface area contributed by atoms with Crippen LogP contribution in [0.2, 0.25) is 0 Å². The second-order valence-electron chi connectivity index (χ2n) is 6.78. The number of ether oxygens (including phenoxy) is 1. The van der Waals surface area contributed by atoms with Crippen molar-refractivity contribution in [3.8, 4) is 0 Å². The van der Waals surface area contributed by atoms with Crippen LogP contribution >= 0.6 is 0 Å². The molecule has 25 heavy (non-hydrogen) atoms. The van der Waals surface area contributed by atoms with Crippen molar-refractivity contribution in [3.05, 3.63) is 48.0 Å². The Kier molecular flexibility index (Phi) is 6.18. The third-order valence-corrected chi connectivity index (χ3v) is 5.05. The summed E-state index contributed by atoms with van der Waals surface area (Å²) in [7, 11) is 2.14. The van der Waals surface area contributed by atoms with Gasteiger partial charge in [-0.15, -0.1) is 0 Å². The first-order valence-electron chi connectivity index (χ1n) is 9.12. The molecule has 2 atom stereocenters. The lowest BCUT2D eigenvalue weighted by Gasteiger charge is -2.39. The van der Waals surface area contributed by atoms with Crippen molar-refractivity contribution < 1.29 is 4.74 Å². The number of benzene rings is 1. The van der Waals surface area contributed by atoms with Gasteiger partial charge in [0.15, 0.2) is 0 Å². The Balaban J connectivity index is 1.56. The summed E-state index contributed by atoms with van der Waals surface area (Å²) in [6, 6.07) is 11.0. The largest absolute Gasteiger partial charge is 0.374 e. The smallest absolute Gasteiger partial charge is 0.140 e. The Morgan fingerprint density at radius 3 is 2.88 bits per heavy atom. The van der Waals surface area contributed by atoms with Gasteiger partial charge in [0.2, 0.25) is 0 Å². The first-order valence-corrected chi connectivity index (χ1v) is 9.12. The summed E-state index contributed by atoms with van der Waals surface area (Å²) < 4.78 is 8.03. The number of hydrogen-bond donors (Lipinski definition) is 0. The molecule has 0 N–H and O–H groups in total. The molecule has 1 aliphatic heterocycles. The molecule has 0 bridgehead atoms. The average Bonchev–Trinajstić information content (AvgIpc) is 3.09. The van der Waals surface area contributed by atoms with Crippen LogP contribution in [0.15, 0.2) is 36.7 Å². The number of morpholine rings is 1. The van der Waals surface area contributed by atoms with Crippen molar-refractivity contribution in [2.45, 2.75) is 45.6 Å². The molecule has 0 amide bonds. The summed E-state index contributed by atoms with van der Waals surface area (Å²) in [6.07, 6.45) is 1.84. The van der Waals surface area contributed by atoms with E-state index in [2.05, 4.69) is 71.1 Å². The zero-order valence-electron chi connectivity index (χ0n) is 15.5. The molecule has 1 aliphatic rings. The standard InChI is InChI=1S/C19H29N5O/c1-4-24-19(20-15-21-24)14-22(3)16(2)18-13-23(10-11-25-18)12-17-8-6-5-7-9-17/h5-9,15-16,18H,4,10-14H2,1-3H3/t16-,18-/m0/s1. The van der Waals surface area contributed by atoms with Gasteiger partial charge in [-0.3, -0.25) is 9.80 Å². The SMILES string of the molecule is CCn1ncnc1CN(C)[C@@H](C)[C@@H]1CN(Cc2ccccc2)CCO1. The molecule has 2 aromatic rings. The molecular formula is C19H29N5O. The Hall–Kier alpha value is -1.76. The number of hydrogen-bond acceptors (Lipinski definition) is 5. The van der Waals surface area contributed by atoms with Gasteiger partial charge in [-0.2, -0.15) is 5.10 Å². The highest BCUT2D eigenvalue weighted by molar-refractivity contribution is 5.14. The fourth-order valence-corrected chi connectivity index (χ4v) is 3.33. The molecule has 6 heteroatoms. The summed E-state index contributed by atoms with van der Waals surface area (Å²) in [4.78, 5) is 9.19. The molecule has 3 rings (SSSR count). The third kappa shape index (κ3) is 4.66. The molecule has 1 fully saturated rings. The molecule has 136 valence electrons. The van der Waals surface area contributed by atoms with Crippen LogP contribution in [0.1, 0.15) is 25.2 Å². The van der Waals surface area contributed by atoms with Gasteiger partial charge in [0.05, 0.1) is 19.3 Å². The third-order valence-electron chi connectivity index (χ3n) is 5.05. The maximum absolute atomic E-state index is 6.08. The minimum atomic E-state index is 0.209. The van der Waals surface area contributed by atoms with Crippen molar-refractivity contribution >= 4 is 0 Å². The van der Waals surface area contributed by atoms with Gasteiger partial charge in [-0.25, -0.2) is 9.67 Å². The van der Waals surface area contributed by atoms with Crippen LogP contribution in [0.4, 0.5) is 0 Å². The fourth-order valence-electron chi connectivity index (χ4n) is 3.33. The molecule has 2 heterocycles. The molecule has 1 aromatic carbocycles. The predicted molar refractivity (Wildman–Crippen MR) is 98.1 cm³/mol. The normalized spacial score (nSPS) is 20.1. The second-order valence-corrected chi connectivity index (χ2v) is 6.78. The Morgan fingerprint density at radius 2 is 2.12 bits per heavy atom. The first-order chi connectivity index (χ1) is 12.2. The highest BCUT2D eigenvalue weighted by Crippen LogP contribution is 2.16. The van der Waals surface area contributed by atoms with E-state index in [-0.39, 0.29) is 6.10 Å². The molecule has 1 aromatic heterocycles. The van der Waals surface area contributed by atoms with Crippen molar-refractivity contribution in [2.75, 3.05) is 26.7 Å². The summed E-state index contributed by atoms with van der Waals surface area (Å²) in [5.74, 6) is 1.01. The van der Waals surface area contributed by atoms with Crippen molar-refractivity contribution in [2.24, 2.45) is 0 Å². The molecular weight excluding hydrogens is 314 g/mol. The van der Waals surface area contributed by atoms with Crippen LogP contribution in [-0.2, 0) is 24.4 Å². The zero-order valence-corrected chi connectivity index (χ0v) is 15.5. The van der Waals surface area contributed by atoms with E-state index in [9.17, 15) is 0 Å². The lowest BCUT2D eigenvalue weighted by atomic mass is 10.1. The Labute approximate surface area is 150 Å². The highest BCUT2D eigenvalue weighted by Gasteiger charge is 2.28. The number of aryl methyl sites for hydroxylation is 1. The number of likely N-dealkylation sites (N-methyl/N-ethyl adjacent to an activating group) is 1. The van der Waals surface area contributed by atoms with Gasteiger partial charge < -0.3 is 4.74 Å². The number of nitrogens with zero attached hydrogens (tertiary/aromatic N) is 5. The Morgan fingerprint density at radius 1 is 1.32 bits per heavy atom. The first kappa shape index (κ1) is 18.0. The van der Waals surface area contributed by atoms with Crippen molar-refractivity contribution in [1.82, 2.24) is 24.6 Å². The van der Waals surface area contributed by atoms with Gasteiger partial charge in [0, 0.05) is 32.2 Å². The van der Waals surface area contributed by atoms with Crippen LogP contribution in [0.25, 0.3) is 0 Å². The van der Waals surface area contributed by atoms with Gasteiger partial charge in [-0.1, -0.05) is 30.3 Å². The van der Waals surface area contributed by atoms with E-state index in [0.29, 0.717) is 6.04 Å². The lowest BCUT2D eigenvalue weighted by molar-refractivity contribution is -0.0675. The van der Waals surface area contributed by atoms with Crippen LogP contribution in [0.5, 0.6) is 0 Å². The quantitative estimate of drug-likeness (QED) is 0.770. The zero-order chi connectivity index (χ0) is 17.6. The number of rotatable bonds is 7. The van der Waals surface area contributed by atoms with Crippen LogP contribution in [0, 0.1) is 0 Å². The topological polar surface area (TPSA) is 46.4 Å². The maximum atomic E-state index is 6.08. The van der Waals surface area contributed by atoms with Gasteiger partial charge in [-0.05, 0) is 26.5 Å². The fraction of sp³-hybridized carbons (Fsp3) is 0.579. The van der Waals surface area contributed by atoms with Crippen molar-refractivity contribution in [1.29, 1.82) is 0 Å². The molecule has 6 nitrogen and oxygen atoms in total. The lowest BCUT2D eigenvalue weighted by Crippen LogP contribution is -2.51. The van der Waals surface area contributed by atoms with Gasteiger partial charge >= 0.3 is 0 Å². The van der Waals surface area contributed by atoms with Crippen LogP contribution in [0.3, 0.4) is 0 Å². The molecule has 0 spiro atoms. The molecule has 0 unspecified atom stereocenters. The minimum absolute atomic E-state index is 0.209. The summed E-state index contributed by atoms with van der Waals surface area (Å²) in [6.45, 7) is 9.70. The summed E-state index contributed by atoms with van der Waals surface area (Å²) in [5, 5.41) is 4.26. The van der Waals surface area contributed by atoms with Gasteiger partial charge in [0.1, 0.15) is 12.2 Å². The van der Waals surface area contributed by atoms with Crippen LogP contribution in [-0.4, -0.2) is 63.5 Å². The Bertz CT molecular complexity index is 644. The molecule has 0 aliphatic carbocycles. The highest BCUT2D eigenvalue weighted by atomic mass is 16.5. The van der Waals surface area contributed by atoms with E-state index >= 15 is 0 Å². The molecule has 0 radical (unpaired) electrons. The summed E-state index contributed by atoms with van der Waals surface area (Å²) >= 11 is 0. The average molecular weight is 343 g/mol. The number of aromatic nitrogens is 3. The second kappa shape index (κ2) is 8.56. The van der Waals surface area contributed by atoms with E-state index in [1.807, 2.05) is 4.68 Å². The molecule has 1 saturated heterocycles.